The molecule has 20 heavy (non-hydrogen) atoms. The molecule has 0 saturated carbocycles. The van der Waals surface area contributed by atoms with Crippen LogP contribution in [0.5, 0.6) is 0 Å². The van der Waals surface area contributed by atoms with Crippen LogP contribution in [0, 0.1) is 0 Å². The Morgan fingerprint density at radius 1 is 1.45 bits per heavy atom. The standard InChI is InChI=1S/C14H17N3OS2/c1-8(2)17-11(18)6-19-13-12-9-4-3-5-10(9)20-14(12)16-7-15-13/h7-8H,3-6H2,1-2H3,(H,17,18). The molecule has 1 aliphatic rings. The second-order valence-electron chi connectivity index (χ2n) is 5.23. The Balaban J connectivity index is 1.83. The second-order valence-corrected chi connectivity index (χ2v) is 7.27. The lowest BCUT2D eigenvalue weighted by molar-refractivity contribution is -0.119. The van der Waals surface area contributed by atoms with E-state index in [1.165, 1.54) is 34.0 Å². The number of aryl methyl sites for hydroxylation is 2. The first-order valence-corrected chi connectivity index (χ1v) is 8.62. The summed E-state index contributed by atoms with van der Waals surface area (Å²) in [4.78, 5) is 23.0. The van der Waals surface area contributed by atoms with E-state index >= 15 is 0 Å². The van der Waals surface area contributed by atoms with Crippen LogP contribution in [0.4, 0.5) is 0 Å². The molecule has 0 atom stereocenters. The maximum absolute atomic E-state index is 11.8. The summed E-state index contributed by atoms with van der Waals surface area (Å²) in [5, 5.41) is 5.05. The Hall–Kier alpha value is -1.14. The fraction of sp³-hybridized carbons (Fsp3) is 0.500. The zero-order chi connectivity index (χ0) is 14.1. The number of fused-ring (bicyclic) bond motifs is 3. The third-order valence-corrected chi connectivity index (χ3v) is 5.45. The lowest BCUT2D eigenvalue weighted by Gasteiger charge is -2.08. The Labute approximate surface area is 126 Å². The number of carbonyl (C=O) groups is 1. The van der Waals surface area contributed by atoms with Crippen molar-refractivity contribution in [3.8, 4) is 0 Å². The molecule has 0 spiro atoms. The van der Waals surface area contributed by atoms with Crippen LogP contribution in [-0.4, -0.2) is 27.7 Å². The van der Waals surface area contributed by atoms with Gasteiger partial charge in [-0.05, 0) is 38.7 Å². The van der Waals surface area contributed by atoms with E-state index in [1.54, 1.807) is 17.7 Å². The highest BCUT2D eigenvalue weighted by Crippen LogP contribution is 2.39. The predicted molar refractivity (Wildman–Crippen MR) is 83.4 cm³/mol. The van der Waals surface area contributed by atoms with Gasteiger partial charge >= 0.3 is 0 Å². The van der Waals surface area contributed by atoms with Gasteiger partial charge in [0.1, 0.15) is 16.2 Å². The van der Waals surface area contributed by atoms with E-state index in [4.69, 9.17) is 0 Å². The van der Waals surface area contributed by atoms with Crippen LogP contribution < -0.4 is 5.32 Å². The first kappa shape index (κ1) is 13.8. The molecule has 1 aliphatic carbocycles. The third kappa shape index (κ3) is 2.67. The molecule has 1 N–H and O–H groups in total. The summed E-state index contributed by atoms with van der Waals surface area (Å²) in [6, 6.07) is 0.180. The highest BCUT2D eigenvalue weighted by atomic mass is 32.2. The number of aromatic nitrogens is 2. The molecular weight excluding hydrogens is 290 g/mol. The number of amides is 1. The van der Waals surface area contributed by atoms with Crippen LogP contribution >= 0.6 is 23.1 Å². The minimum Gasteiger partial charge on any atom is -0.353 e. The van der Waals surface area contributed by atoms with E-state index in [0.29, 0.717) is 5.75 Å². The van der Waals surface area contributed by atoms with E-state index in [2.05, 4.69) is 15.3 Å². The molecule has 0 radical (unpaired) electrons. The zero-order valence-corrected chi connectivity index (χ0v) is 13.2. The first-order valence-electron chi connectivity index (χ1n) is 6.82. The quantitative estimate of drug-likeness (QED) is 0.697. The summed E-state index contributed by atoms with van der Waals surface area (Å²) in [6.07, 6.45) is 5.11. The molecule has 2 heterocycles. The molecule has 4 nitrogen and oxygen atoms in total. The van der Waals surface area contributed by atoms with E-state index in [0.717, 1.165) is 22.7 Å². The van der Waals surface area contributed by atoms with Crippen molar-refractivity contribution < 1.29 is 4.79 Å². The highest BCUT2D eigenvalue weighted by Gasteiger charge is 2.21. The average Bonchev–Trinajstić information content (AvgIpc) is 2.95. The van der Waals surface area contributed by atoms with Gasteiger partial charge in [0.05, 0.1) is 5.75 Å². The maximum Gasteiger partial charge on any atom is 0.230 e. The van der Waals surface area contributed by atoms with Crippen LogP contribution in [0.3, 0.4) is 0 Å². The zero-order valence-electron chi connectivity index (χ0n) is 11.6. The summed E-state index contributed by atoms with van der Waals surface area (Å²) >= 11 is 3.29. The SMILES string of the molecule is CC(C)NC(=O)CSc1ncnc2sc3c(c12)CCC3. The Morgan fingerprint density at radius 3 is 3.10 bits per heavy atom. The highest BCUT2D eigenvalue weighted by molar-refractivity contribution is 8.00. The van der Waals surface area contributed by atoms with Crippen molar-refractivity contribution >= 4 is 39.2 Å². The first-order chi connectivity index (χ1) is 9.65. The number of thioether (sulfide) groups is 1. The van der Waals surface area contributed by atoms with Crippen molar-refractivity contribution in [1.82, 2.24) is 15.3 Å². The van der Waals surface area contributed by atoms with Gasteiger partial charge in [-0.1, -0.05) is 11.8 Å². The van der Waals surface area contributed by atoms with Gasteiger partial charge in [0.2, 0.25) is 5.91 Å². The van der Waals surface area contributed by atoms with Crippen LogP contribution in [0.25, 0.3) is 10.2 Å². The van der Waals surface area contributed by atoms with E-state index in [-0.39, 0.29) is 11.9 Å². The molecule has 0 fully saturated rings. The molecule has 0 unspecified atom stereocenters. The monoisotopic (exact) mass is 307 g/mol. The van der Waals surface area contributed by atoms with Crippen molar-refractivity contribution in [2.75, 3.05) is 5.75 Å². The van der Waals surface area contributed by atoms with Crippen LogP contribution in [0.15, 0.2) is 11.4 Å². The van der Waals surface area contributed by atoms with Crippen molar-refractivity contribution in [2.24, 2.45) is 0 Å². The van der Waals surface area contributed by atoms with Gasteiger partial charge in [-0.25, -0.2) is 9.97 Å². The second kappa shape index (κ2) is 5.69. The number of nitrogens with zero attached hydrogens (tertiary/aromatic N) is 2. The molecule has 6 heteroatoms. The van der Waals surface area contributed by atoms with Gasteiger partial charge in [0, 0.05) is 16.3 Å². The van der Waals surface area contributed by atoms with Gasteiger partial charge in [-0.2, -0.15) is 0 Å². The fourth-order valence-electron chi connectivity index (χ4n) is 2.51. The molecule has 0 saturated heterocycles. The summed E-state index contributed by atoms with van der Waals surface area (Å²) in [6.45, 7) is 3.94. The van der Waals surface area contributed by atoms with Crippen LogP contribution in [0.2, 0.25) is 0 Å². The van der Waals surface area contributed by atoms with E-state index in [9.17, 15) is 4.79 Å². The molecule has 0 bridgehead atoms. The van der Waals surface area contributed by atoms with Crippen LogP contribution in [-0.2, 0) is 17.6 Å². The topological polar surface area (TPSA) is 54.9 Å². The Bertz CT molecular complexity index is 651. The number of thiophene rings is 1. The van der Waals surface area contributed by atoms with Gasteiger partial charge in [-0.3, -0.25) is 4.79 Å². The minimum absolute atomic E-state index is 0.0589. The smallest absolute Gasteiger partial charge is 0.230 e. The summed E-state index contributed by atoms with van der Waals surface area (Å²) < 4.78 is 0. The van der Waals surface area contributed by atoms with Crippen molar-refractivity contribution in [3.63, 3.8) is 0 Å². The molecule has 0 aromatic carbocycles. The number of hydrogen-bond acceptors (Lipinski definition) is 5. The molecule has 2 aromatic rings. The lowest BCUT2D eigenvalue weighted by atomic mass is 10.2. The van der Waals surface area contributed by atoms with E-state index in [1.807, 2.05) is 13.8 Å². The lowest BCUT2D eigenvalue weighted by Crippen LogP contribution is -2.31. The van der Waals surface area contributed by atoms with Crippen molar-refractivity contribution in [2.45, 2.75) is 44.2 Å². The van der Waals surface area contributed by atoms with Gasteiger partial charge in [-0.15, -0.1) is 11.3 Å². The molecule has 3 rings (SSSR count). The van der Waals surface area contributed by atoms with Crippen molar-refractivity contribution in [3.05, 3.63) is 16.8 Å². The minimum atomic E-state index is 0.0589. The number of carbonyl (C=O) groups excluding carboxylic acids is 1. The summed E-state index contributed by atoms with van der Waals surface area (Å²) in [5.41, 5.74) is 1.41. The predicted octanol–water partition coefficient (Wildman–Crippen LogP) is 2.80. The molecule has 2 aromatic heterocycles. The average molecular weight is 307 g/mol. The molecule has 106 valence electrons. The maximum atomic E-state index is 11.8. The third-order valence-electron chi connectivity index (χ3n) is 3.26. The number of rotatable bonds is 4. The van der Waals surface area contributed by atoms with Gasteiger partial charge in [0.25, 0.3) is 0 Å². The molecule has 0 aliphatic heterocycles. The molecule has 1 amide bonds. The summed E-state index contributed by atoms with van der Waals surface area (Å²) in [5.74, 6) is 0.471. The number of nitrogens with one attached hydrogen (secondary N) is 1. The Kier molecular flexibility index (Phi) is 3.94. The fourth-order valence-corrected chi connectivity index (χ4v) is 4.64. The largest absolute Gasteiger partial charge is 0.353 e. The summed E-state index contributed by atoms with van der Waals surface area (Å²) in [7, 11) is 0. The van der Waals surface area contributed by atoms with Gasteiger partial charge in [0.15, 0.2) is 0 Å². The van der Waals surface area contributed by atoms with Crippen LogP contribution in [0.1, 0.15) is 30.7 Å². The number of hydrogen-bond donors (Lipinski definition) is 1. The van der Waals surface area contributed by atoms with Crippen molar-refractivity contribution in [1.29, 1.82) is 0 Å². The normalized spacial score (nSPS) is 13.9. The Morgan fingerprint density at radius 2 is 2.30 bits per heavy atom. The van der Waals surface area contributed by atoms with E-state index < -0.39 is 0 Å². The molecular formula is C14H17N3OS2. The van der Waals surface area contributed by atoms with Gasteiger partial charge < -0.3 is 5.32 Å².